The minimum absolute atomic E-state index is 0.0801. The van der Waals surface area contributed by atoms with Gasteiger partial charge in [0.1, 0.15) is 5.75 Å². The second kappa shape index (κ2) is 6.93. The van der Waals surface area contributed by atoms with Gasteiger partial charge in [-0.2, -0.15) is 0 Å². The highest BCUT2D eigenvalue weighted by Gasteiger charge is 2.13. The highest BCUT2D eigenvalue weighted by molar-refractivity contribution is 5.94. The Balaban J connectivity index is 2.42. The third-order valence-corrected chi connectivity index (χ3v) is 2.48. The molecule has 0 heterocycles. The molecule has 5 heteroatoms. The molecule has 5 nitrogen and oxygen atoms in total. The van der Waals surface area contributed by atoms with E-state index in [1.54, 1.807) is 31.4 Å². The minimum Gasteiger partial charge on any atom is -0.497 e. The van der Waals surface area contributed by atoms with E-state index in [4.69, 9.17) is 4.74 Å². The molecule has 0 aliphatic rings. The summed E-state index contributed by atoms with van der Waals surface area (Å²) >= 11 is 0. The second-order valence-corrected chi connectivity index (χ2v) is 5.54. The van der Waals surface area contributed by atoms with Crippen molar-refractivity contribution in [3.63, 3.8) is 0 Å². The number of methoxy groups -OCH3 is 1. The van der Waals surface area contributed by atoms with E-state index in [0.717, 1.165) is 0 Å². The molecule has 0 aliphatic carbocycles. The number of carbonyl (C=O) groups excluding carboxylic acids is 2. The van der Waals surface area contributed by atoms with E-state index in [1.165, 1.54) is 0 Å². The standard InChI is InChI=1S/C15H22N2O3/c1-15(2,3)17-13(18)8-9-16-14(19)11-6-5-7-12(10-11)20-4/h5-7,10H,8-9H2,1-4H3,(H,16,19)(H,17,18). The molecule has 0 saturated heterocycles. The molecular formula is C15H22N2O3. The Labute approximate surface area is 119 Å². The Bertz CT molecular complexity index is 478. The van der Waals surface area contributed by atoms with Crippen LogP contribution in [0, 0.1) is 0 Å². The van der Waals surface area contributed by atoms with Crippen LogP contribution in [0.25, 0.3) is 0 Å². The van der Waals surface area contributed by atoms with Gasteiger partial charge in [0.25, 0.3) is 5.91 Å². The topological polar surface area (TPSA) is 67.4 Å². The fourth-order valence-electron chi connectivity index (χ4n) is 1.64. The average Bonchev–Trinajstić information content (AvgIpc) is 2.36. The van der Waals surface area contributed by atoms with Gasteiger partial charge >= 0.3 is 0 Å². The Morgan fingerprint density at radius 2 is 1.95 bits per heavy atom. The van der Waals surface area contributed by atoms with Gasteiger partial charge in [-0.15, -0.1) is 0 Å². The number of ether oxygens (including phenoxy) is 1. The van der Waals surface area contributed by atoms with Crippen LogP contribution in [0.4, 0.5) is 0 Å². The van der Waals surface area contributed by atoms with Crippen molar-refractivity contribution in [2.45, 2.75) is 32.7 Å². The van der Waals surface area contributed by atoms with Crippen molar-refractivity contribution in [1.29, 1.82) is 0 Å². The molecule has 0 radical (unpaired) electrons. The van der Waals surface area contributed by atoms with E-state index >= 15 is 0 Å². The van der Waals surface area contributed by atoms with E-state index in [0.29, 0.717) is 17.9 Å². The SMILES string of the molecule is COc1cccc(C(=O)NCCC(=O)NC(C)(C)C)c1. The molecule has 2 amide bonds. The highest BCUT2D eigenvalue weighted by atomic mass is 16.5. The van der Waals surface area contributed by atoms with Crippen LogP contribution in [-0.2, 0) is 4.79 Å². The molecule has 2 N–H and O–H groups in total. The molecular weight excluding hydrogens is 256 g/mol. The zero-order chi connectivity index (χ0) is 15.2. The van der Waals surface area contributed by atoms with E-state index in [2.05, 4.69) is 10.6 Å². The van der Waals surface area contributed by atoms with Crippen LogP contribution in [0.3, 0.4) is 0 Å². The summed E-state index contributed by atoms with van der Waals surface area (Å²) in [5.41, 5.74) is 0.258. The van der Waals surface area contributed by atoms with Gasteiger partial charge in [0.2, 0.25) is 5.91 Å². The van der Waals surface area contributed by atoms with Gasteiger partial charge in [-0.25, -0.2) is 0 Å². The number of rotatable bonds is 5. The predicted molar refractivity (Wildman–Crippen MR) is 77.8 cm³/mol. The van der Waals surface area contributed by atoms with Crippen molar-refractivity contribution < 1.29 is 14.3 Å². The smallest absolute Gasteiger partial charge is 0.251 e. The van der Waals surface area contributed by atoms with Gasteiger partial charge in [0, 0.05) is 24.1 Å². The molecule has 0 unspecified atom stereocenters. The lowest BCUT2D eigenvalue weighted by Crippen LogP contribution is -2.41. The molecule has 1 aromatic rings. The molecule has 0 spiro atoms. The van der Waals surface area contributed by atoms with Crippen LogP contribution in [0.2, 0.25) is 0 Å². The van der Waals surface area contributed by atoms with Gasteiger partial charge in [-0.05, 0) is 39.0 Å². The summed E-state index contributed by atoms with van der Waals surface area (Å²) in [7, 11) is 1.55. The van der Waals surface area contributed by atoms with Crippen molar-refractivity contribution in [3.05, 3.63) is 29.8 Å². The maximum Gasteiger partial charge on any atom is 0.251 e. The fraction of sp³-hybridized carbons (Fsp3) is 0.467. The average molecular weight is 278 g/mol. The largest absolute Gasteiger partial charge is 0.497 e. The molecule has 0 aromatic heterocycles. The molecule has 0 saturated carbocycles. The van der Waals surface area contributed by atoms with Gasteiger partial charge in [0.15, 0.2) is 0 Å². The van der Waals surface area contributed by atoms with Crippen molar-refractivity contribution in [2.75, 3.05) is 13.7 Å². The monoisotopic (exact) mass is 278 g/mol. The van der Waals surface area contributed by atoms with Gasteiger partial charge < -0.3 is 15.4 Å². The van der Waals surface area contributed by atoms with E-state index in [9.17, 15) is 9.59 Å². The van der Waals surface area contributed by atoms with E-state index < -0.39 is 0 Å². The quantitative estimate of drug-likeness (QED) is 0.862. The maximum absolute atomic E-state index is 11.9. The van der Waals surface area contributed by atoms with Crippen LogP contribution in [-0.4, -0.2) is 31.0 Å². The van der Waals surface area contributed by atoms with Crippen LogP contribution in [0.1, 0.15) is 37.6 Å². The molecule has 0 aliphatic heterocycles. The molecule has 110 valence electrons. The second-order valence-electron chi connectivity index (χ2n) is 5.54. The molecule has 20 heavy (non-hydrogen) atoms. The Morgan fingerprint density at radius 3 is 2.55 bits per heavy atom. The number of benzene rings is 1. The lowest BCUT2D eigenvalue weighted by molar-refractivity contribution is -0.122. The zero-order valence-electron chi connectivity index (χ0n) is 12.4. The number of hydrogen-bond donors (Lipinski definition) is 2. The van der Waals surface area contributed by atoms with Crippen LogP contribution < -0.4 is 15.4 Å². The summed E-state index contributed by atoms with van der Waals surface area (Å²) in [5, 5.41) is 5.55. The Morgan fingerprint density at radius 1 is 1.25 bits per heavy atom. The first-order valence-corrected chi connectivity index (χ1v) is 6.55. The summed E-state index contributed by atoms with van der Waals surface area (Å²) in [5.74, 6) is 0.332. The first-order valence-electron chi connectivity index (χ1n) is 6.55. The van der Waals surface area contributed by atoms with Gasteiger partial charge in [-0.1, -0.05) is 6.07 Å². The van der Waals surface area contributed by atoms with Crippen molar-refractivity contribution in [1.82, 2.24) is 10.6 Å². The normalized spacial score (nSPS) is 10.8. The molecule has 0 atom stereocenters. The predicted octanol–water partition coefficient (Wildman–Crippen LogP) is 1.73. The van der Waals surface area contributed by atoms with Gasteiger partial charge in [0.05, 0.1) is 7.11 Å². The van der Waals surface area contributed by atoms with Gasteiger partial charge in [-0.3, -0.25) is 9.59 Å². The van der Waals surface area contributed by atoms with Crippen LogP contribution in [0.5, 0.6) is 5.75 Å². The molecule has 0 fully saturated rings. The minimum atomic E-state index is -0.256. The van der Waals surface area contributed by atoms with Crippen molar-refractivity contribution in [2.24, 2.45) is 0 Å². The third kappa shape index (κ3) is 5.73. The fourth-order valence-corrected chi connectivity index (χ4v) is 1.64. The zero-order valence-corrected chi connectivity index (χ0v) is 12.4. The van der Waals surface area contributed by atoms with E-state index in [1.807, 2.05) is 20.8 Å². The molecule has 1 rings (SSSR count). The lowest BCUT2D eigenvalue weighted by atomic mass is 10.1. The summed E-state index contributed by atoms with van der Waals surface area (Å²) in [4.78, 5) is 23.5. The maximum atomic E-state index is 11.9. The third-order valence-electron chi connectivity index (χ3n) is 2.48. The highest BCUT2D eigenvalue weighted by Crippen LogP contribution is 2.12. The number of nitrogens with one attached hydrogen (secondary N) is 2. The Hall–Kier alpha value is -2.04. The number of carbonyl (C=O) groups is 2. The molecule has 1 aromatic carbocycles. The lowest BCUT2D eigenvalue weighted by Gasteiger charge is -2.20. The van der Waals surface area contributed by atoms with Crippen molar-refractivity contribution >= 4 is 11.8 Å². The molecule has 0 bridgehead atoms. The summed E-state index contributed by atoms with van der Waals surface area (Å²) in [6.45, 7) is 6.05. The summed E-state index contributed by atoms with van der Waals surface area (Å²) in [6.07, 6.45) is 0.257. The van der Waals surface area contributed by atoms with Crippen LogP contribution >= 0.6 is 0 Å². The Kier molecular flexibility index (Phi) is 5.55. The summed E-state index contributed by atoms with van der Waals surface area (Å²) in [6, 6.07) is 6.88. The summed E-state index contributed by atoms with van der Waals surface area (Å²) < 4.78 is 5.06. The van der Waals surface area contributed by atoms with Crippen molar-refractivity contribution in [3.8, 4) is 5.75 Å². The number of hydrogen-bond acceptors (Lipinski definition) is 3. The van der Waals surface area contributed by atoms with Crippen LogP contribution in [0.15, 0.2) is 24.3 Å². The van der Waals surface area contributed by atoms with E-state index in [-0.39, 0.29) is 23.8 Å². The first-order chi connectivity index (χ1) is 9.31. The number of amides is 2. The first kappa shape index (κ1) is 16.0.